The Kier molecular flexibility index (Phi) is 4.78. The lowest BCUT2D eigenvalue weighted by Gasteiger charge is -2.27. The van der Waals surface area contributed by atoms with Crippen molar-refractivity contribution in [2.24, 2.45) is 5.92 Å². The number of carbonyl (C=O) groups is 1. The first kappa shape index (κ1) is 13.6. The molecule has 18 heavy (non-hydrogen) atoms. The third-order valence-electron chi connectivity index (χ3n) is 3.59. The van der Waals surface area contributed by atoms with Crippen molar-refractivity contribution in [1.29, 1.82) is 0 Å². The first-order valence-corrected chi connectivity index (χ1v) is 7.71. The van der Waals surface area contributed by atoms with Gasteiger partial charge in [-0.1, -0.05) is 13.8 Å². The molecule has 0 aliphatic carbocycles. The van der Waals surface area contributed by atoms with E-state index in [1.54, 1.807) is 11.3 Å². The molecular weight excluding hydrogens is 244 g/mol. The minimum absolute atomic E-state index is 0.0733. The molecule has 0 saturated carbocycles. The quantitative estimate of drug-likeness (QED) is 0.888. The molecule has 1 N–H and O–H groups in total. The van der Waals surface area contributed by atoms with E-state index >= 15 is 0 Å². The molecule has 100 valence electrons. The normalized spacial score (nSPS) is 21.2. The second-order valence-electron chi connectivity index (χ2n) is 4.96. The molecule has 1 fully saturated rings. The molecule has 0 bridgehead atoms. The van der Waals surface area contributed by atoms with Crippen LogP contribution in [-0.4, -0.2) is 30.4 Å². The molecule has 2 heterocycles. The fourth-order valence-electron chi connectivity index (χ4n) is 2.57. The Balaban J connectivity index is 2.00. The van der Waals surface area contributed by atoms with Gasteiger partial charge >= 0.3 is 0 Å². The van der Waals surface area contributed by atoms with E-state index in [1.807, 2.05) is 6.92 Å². The minimum Gasteiger partial charge on any atom is -0.335 e. The van der Waals surface area contributed by atoms with E-state index < -0.39 is 0 Å². The average molecular weight is 266 g/mol. The molecule has 1 amide bonds. The van der Waals surface area contributed by atoms with Crippen LogP contribution in [0.5, 0.6) is 0 Å². The van der Waals surface area contributed by atoms with Gasteiger partial charge < -0.3 is 10.2 Å². The fourth-order valence-corrected chi connectivity index (χ4v) is 3.28. The summed E-state index contributed by atoms with van der Waals surface area (Å²) in [5.74, 6) is 0.369. The molecule has 3 nitrogen and oxygen atoms in total. The van der Waals surface area contributed by atoms with Gasteiger partial charge in [0.2, 0.25) is 5.91 Å². The Hall–Kier alpha value is -0.870. The summed E-state index contributed by atoms with van der Waals surface area (Å²) in [6.07, 6.45) is 2.23. The summed E-state index contributed by atoms with van der Waals surface area (Å²) in [5, 5.41) is 7.52. The lowest BCUT2D eigenvalue weighted by molar-refractivity contribution is -0.135. The van der Waals surface area contributed by atoms with Crippen LogP contribution in [0.4, 0.5) is 0 Å². The summed E-state index contributed by atoms with van der Waals surface area (Å²) < 4.78 is 0. The monoisotopic (exact) mass is 266 g/mol. The molecule has 1 aromatic rings. The predicted octanol–water partition coefficient (Wildman–Crippen LogP) is 2.66. The van der Waals surface area contributed by atoms with Crippen LogP contribution in [0.1, 0.15) is 38.3 Å². The molecule has 4 heteroatoms. The maximum Gasteiger partial charge on any atom is 0.227 e. The van der Waals surface area contributed by atoms with Crippen molar-refractivity contribution in [2.75, 3.05) is 19.6 Å². The number of amides is 1. The van der Waals surface area contributed by atoms with Gasteiger partial charge in [-0.05, 0) is 41.8 Å². The van der Waals surface area contributed by atoms with Crippen LogP contribution in [0.3, 0.4) is 0 Å². The molecule has 1 aromatic heterocycles. The van der Waals surface area contributed by atoms with Crippen LogP contribution < -0.4 is 5.32 Å². The highest BCUT2D eigenvalue weighted by molar-refractivity contribution is 7.07. The van der Waals surface area contributed by atoms with Gasteiger partial charge in [-0.25, -0.2) is 0 Å². The lowest BCUT2D eigenvalue weighted by Crippen LogP contribution is -2.38. The molecule has 0 radical (unpaired) electrons. The number of hydrogen-bond donors (Lipinski definition) is 1. The zero-order valence-electron chi connectivity index (χ0n) is 11.2. The van der Waals surface area contributed by atoms with Crippen LogP contribution >= 0.6 is 11.3 Å². The van der Waals surface area contributed by atoms with Crippen LogP contribution in [0.2, 0.25) is 0 Å². The maximum absolute atomic E-state index is 12.4. The van der Waals surface area contributed by atoms with Crippen molar-refractivity contribution >= 4 is 17.2 Å². The van der Waals surface area contributed by atoms with Crippen molar-refractivity contribution in [3.63, 3.8) is 0 Å². The molecule has 1 saturated heterocycles. The molecule has 1 aliphatic heterocycles. The summed E-state index contributed by atoms with van der Waals surface area (Å²) in [6, 6.07) is 2.46. The number of nitrogens with zero attached hydrogens (tertiary/aromatic N) is 1. The molecule has 2 atom stereocenters. The van der Waals surface area contributed by atoms with Crippen LogP contribution in [0.25, 0.3) is 0 Å². The first-order valence-electron chi connectivity index (χ1n) is 6.77. The Bertz CT molecular complexity index is 377. The van der Waals surface area contributed by atoms with Gasteiger partial charge in [0.1, 0.15) is 0 Å². The third kappa shape index (κ3) is 2.93. The zero-order chi connectivity index (χ0) is 13.0. The van der Waals surface area contributed by atoms with E-state index in [0.29, 0.717) is 11.9 Å². The van der Waals surface area contributed by atoms with Gasteiger partial charge in [0.15, 0.2) is 0 Å². The van der Waals surface area contributed by atoms with E-state index in [1.165, 1.54) is 5.56 Å². The number of likely N-dealkylation sites (tertiary alicyclic amines) is 1. The summed E-state index contributed by atoms with van der Waals surface area (Å²) in [5.41, 5.74) is 1.31. The summed E-state index contributed by atoms with van der Waals surface area (Å²) in [6.45, 7) is 6.71. The van der Waals surface area contributed by atoms with Crippen LogP contribution in [0.15, 0.2) is 16.8 Å². The highest BCUT2D eigenvalue weighted by atomic mass is 32.1. The number of nitrogens with one attached hydrogen (secondary N) is 1. The Morgan fingerprint density at radius 1 is 1.67 bits per heavy atom. The first-order chi connectivity index (χ1) is 8.74. The Morgan fingerprint density at radius 3 is 3.17 bits per heavy atom. The second kappa shape index (κ2) is 6.34. The number of thiophene rings is 1. The van der Waals surface area contributed by atoms with E-state index in [9.17, 15) is 4.79 Å². The minimum atomic E-state index is 0.0733. The van der Waals surface area contributed by atoms with Gasteiger partial charge in [-0.15, -0.1) is 0 Å². The molecule has 2 rings (SSSR count). The summed E-state index contributed by atoms with van der Waals surface area (Å²) in [7, 11) is 0. The molecular formula is C14H22N2OS. The van der Waals surface area contributed by atoms with Gasteiger partial charge in [-0.3, -0.25) is 4.79 Å². The zero-order valence-corrected chi connectivity index (χ0v) is 12.0. The average Bonchev–Trinajstić information content (AvgIpc) is 3.03. The molecule has 2 unspecified atom stereocenters. The van der Waals surface area contributed by atoms with Gasteiger partial charge in [0.25, 0.3) is 0 Å². The Morgan fingerprint density at radius 2 is 2.50 bits per heavy atom. The lowest BCUT2D eigenvalue weighted by atomic mass is 10.1. The fraction of sp³-hybridized carbons (Fsp3) is 0.643. The Labute approximate surface area is 113 Å². The van der Waals surface area contributed by atoms with Crippen LogP contribution in [0, 0.1) is 5.92 Å². The van der Waals surface area contributed by atoms with E-state index in [4.69, 9.17) is 0 Å². The highest BCUT2D eigenvalue weighted by Crippen LogP contribution is 2.33. The number of rotatable bonds is 5. The maximum atomic E-state index is 12.4. The largest absolute Gasteiger partial charge is 0.335 e. The predicted molar refractivity (Wildman–Crippen MR) is 75.7 cm³/mol. The van der Waals surface area contributed by atoms with Crippen molar-refractivity contribution in [3.05, 3.63) is 22.4 Å². The van der Waals surface area contributed by atoms with E-state index in [-0.39, 0.29) is 5.92 Å². The second-order valence-corrected chi connectivity index (χ2v) is 5.74. The molecule has 0 spiro atoms. The van der Waals surface area contributed by atoms with E-state index in [2.05, 4.69) is 34.0 Å². The summed E-state index contributed by atoms with van der Waals surface area (Å²) >= 11 is 1.71. The standard InChI is InChI=1S/C14H22N2OS/c1-3-15-9-11(2)14(17)16-7-4-5-13(16)12-6-8-18-10-12/h6,8,10-11,13,15H,3-5,7,9H2,1-2H3. The van der Waals surface area contributed by atoms with Crippen molar-refractivity contribution in [1.82, 2.24) is 10.2 Å². The smallest absolute Gasteiger partial charge is 0.227 e. The van der Waals surface area contributed by atoms with Gasteiger partial charge in [0.05, 0.1) is 6.04 Å². The van der Waals surface area contributed by atoms with Crippen molar-refractivity contribution in [2.45, 2.75) is 32.7 Å². The summed E-state index contributed by atoms with van der Waals surface area (Å²) in [4.78, 5) is 14.5. The van der Waals surface area contributed by atoms with E-state index in [0.717, 1.165) is 32.5 Å². The highest BCUT2D eigenvalue weighted by Gasteiger charge is 2.32. The van der Waals surface area contributed by atoms with Gasteiger partial charge in [0, 0.05) is 19.0 Å². The van der Waals surface area contributed by atoms with Crippen molar-refractivity contribution in [3.8, 4) is 0 Å². The van der Waals surface area contributed by atoms with Gasteiger partial charge in [-0.2, -0.15) is 11.3 Å². The SMILES string of the molecule is CCNCC(C)C(=O)N1CCCC1c1ccsc1. The number of hydrogen-bond acceptors (Lipinski definition) is 3. The third-order valence-corrected chi connectivity index (χ3v) is 4.29. The topological polar surface area (TPSA) is 32.3 Å². The van der Waals surface area contributed by atoms with Crippen molar-refractivity contribution < 1.29 is 4.79 Å². The molecule has 1 aliphatic rings. The number of carbonyl (C=O) groups excluding carboxylic acids is 1. The van der Waals surface area contributed by atoms with Crippen LogP contribution in [-0.2, 0) is 4.79 Å². The molecule has 0 aromatic carbocycles.